The van der Waals surface area contributed by atoms with Crippen molar-refractivity contribution in [1.29, 1.82) is 0 Å². The number of hydrogen-bond acceptors (Lipinski definition) is 7. The van der Waals surface area contributed by atoms with Gasteiger partial charge in [0, 0.05) is 18.9 Å². The van der Waals surface area contributed by atoms with E-state index >= 15 is 0 Å². The van der Waals surface area contributed by atoms with E-state index in [1.807, 2.05) is 30.3 Å². The van der Waals surface area contributed by atoms with Crippen LogP contribution in [0.5, 0.6) is 0 Å². The summed E-state index contributed by atoms with van der Waals surface area (Å²) in [6, 6.07) is 8.71. The molecule has 0 radical (unpaired) electrons. The smallest absolute Gasteiger partial charge is 0.306 e. The molecule has 2 aliphatic heterocycles. The lowest BCUT2D eigenvalue weighted by molar-refractivity contribution is -0.343. The first-order valence-electron chi connectivity index (χ1n) is 12.0. The molecule has 8 heteroatoms. The van der Waals surface area contributed by atoms with Crippen LogP contribution < -0.4 is 5.32 Å². The van der Waals surface area contributed by atoms with Gasteiger partial charge >= 0.3 is 5.97 Å². The number of terminal acetylenes is 1. The standard InChI is InChI=1S/C26H35NO7/c1-4-6-7-8-12-15-21(29)33-24-22(27-18(3)28)26(30-16-5-2)32-20-17-31-25(34-23(20)24)19-13-10-9-11-14-19/h2,9-11,13-14,20,22-26H,4,6-8,12,15-17H2,1,3H3,(H,27,28)/t20?,22-,23+,24?,25?,26+/m1/s1. The van der Waals surface area contributed by atoms with Gasteiger partial charge < -0.3 is 29.0 Å². The number of amides is 1. The highest BCUT2D eigenvalue weighted by molar-refractivity contribution is 5.73. The molecule has 2 aliphatic rings. The van der Waals surface area contributed by atoms with Crippen LogP contribution >= 0.6 is 0 Å². The van der Waals surface area contributed by atoms with Crippen LogP contribution in [-0.2, 0) is 33.3 Å². The van der Waals surface area contributed by atoms with E-state index in [9.17, 15) is 9.59 Å². The fourth-order valence-corrected chi connectivity index (χ4v) is 4.24. The molecule has 0 aliphatic carbocycles. The van der Waals surface area contributed by atoms with Crippen molar-refractivity contribution in [2.45, 2.75) is 89.3 Å². The van der Waals surface area contributed by atoms with Gasteiger partial charge in [-0.3, -0.25) is 9.59 Å². The predicted molar refractivity (Wildman–Crippen MR) is 124 cm³/mol. The van der Waals surface area contributed by atoms with Crippen molar-refractivity contribution in [3.8, 4) is 12.3 Å². The van der Waals surface area contributed by atoms with Crippen LogP contribution in [0.3, 0.4) is 0 Å². The van der Waals surface area contributed by atoms with E-state index < -0.39 is 36.9 Å². The lowest BCUT2D eigenvalue weighted by atomic mass is 9.95. The quantitative estimate of drug-likeness (QED) is 0.300. The zero-order valence-corrected chi connectivity index (χ0v) is 19.9. The minimum Gasteiger partial charge on any atom is -0.457 e. The second kappa shape index (κ2) is 13.4. The van der Waals surface area contributed by atoms with Gasteiger partial charge in [-0.25, -0.2) is 0 Å². The zero-order chi connectivity index (χ0) is 24.3. The Morgan fingerprint density at radius 1 is 1.15 bits per heavy atom. The summed E-state index contributed by atoms with van der Waals surface area (Å²) in [5.41, 5.74) is 0.837. The Balaban J connectivity index is 1.77. The number of carbonyl (C=O) groups excluding carboxylic acids is 2. The van der Waals surface area contributed by atoms with Crippen LogP contribution in [-0.4, -0.2) is 55.7 Å². The molecule has 0 saturated carbocycles. The van der Waals surface area contributed by atoms with E-state index in [1.165, 1.54) is 6.92 Å². The summed E-state index contributed by atoms with van der Waals surface area (Å²) in [4.78, 5) is 24.8. The largest absolute Gasteiger partial charge is 0.457 e. The third-order valence-corrected chi connectivity index (χ3v) is 5.86. The number of hydrogen-bond donors (Lipinski definition) is 1. The predicted octanol–water partition coefficient (Wildman–Crippen LogP) is 3.25. The fourth-order valence-electron chi connectivity index (χ4n) is 4.24. The lowest BCUT2D eigenvalue weighted by Crippen LogP contribution is -2.67. The van der Waals surface area contributed by atoms with Crippen molar-refractivity contribution in [2.75, 3.05) is 13.2 Å². The van der Waals surface area contributed by atoms with Crippen molar-refractivity contribution >= 4 is 11.9 Å². The number of carbonyl (C=O) groups is 2. The molecule has 2 saturated heterocycles. The molecule has 0 bridgehead atoms. The molecule has 1 N–H and O–H groups in total. The van der Waals surface area contributed by atoms with Crippen molar-refractivity contribution < 1.29 is 33.3 Å². The molecule has 0 spiro atoms. The Hall–Kier alpha value is -2.44. The molecule has 1 aromatic carbocycles. The molecule has 2 heterocycles. The summed E-state index contributed by atoms with van der Waals surface area (Å²) in [6.07, 6.45) is 7.11. The fraction of sp³-hybridized carbons (Fsp3) is 0.615. The number of unbranched alkanes of at least 4 members (excludes halogenated alkanes) is 4. The van der Waals surface area contributed by atoms with Gasteiger partial charge in [0.15, 0.2) is 18.7 Å². The minimum absolute atomic E-state index is 0.0232. The molecule has 186 valence electrons. The second-order valence-electron chi connectivity index (χ2n) is 8.58. The Bertz CT molecular complexity index is 824. The third-order valence-electron chi connectivity index (χ3n) is 5.86. The summed E-state index contributed by atoms with van der Waals surface area (Å²) in [7, 11) is 0. The Kier molecular flexibility index (Phi) is 10.4. The first kappa shape index (κ1) is 26.2. The maximum absolute atomic E-state index is 12.8. The lowest BCUT2D eigenvalue weighted by Gasteiger charge is -2.48. The van der Waals surface area contributed by atoms with Gasteiger partial charge in [0.1, 0.15) is 24.9 Å². The van der Waals surface area contributed by atoms with Crippen LogP contribution in [0, 0.1) is 12.3 Å². The molecule has 0 aromatic heterocycles. The van der Waals surface area contributed by atoms with E-state index in [1.54, 1.807) is 0 Å². The van der Waals surface area contributed by atoms with Crippen molar-refractivity contribution in [3.05, 3.63) is 35.9 Å². The number of fused-ring (bicyclic) bond motifs is 1. The van der Waals surface area contributed by atoms with Crippen molar-refractivity contribution in [1.82, 2.24) is 5.32 Å². The number of ether oxygens (including phenoxy) is 5. The van der Waals surface area contributed by atoms with E-state index in [4.69, 9.17) is 30.1 Å². The van der Waals surface area contributed by atoms with Crippen molar-refractivity contribution in [3.63, 3.8) is 0 Å². The minimum atomic E-state index is -0.913. The molecular formula is C26H35NO7. The monoisotopic (exact) mass is 473 g/mol. The van der Waals surface area contributed by atoms with Crippen LogP contribution in [0.2, 0.25) is 0 Å². The number of benzene rings is 1. The Morgan fingerprint density at radius 2 is 1.91 bits per heavy atom. The van der Waals surface area contributed by atoms with Gasteiger partial charge in [0.25, 0.3) is 0 Å². The summed E-state index contributed by atoms with van der Waals surface area (Å²) in [5, 5.41) is 2.81. The molecule has 6 atom stereocenters. The SMILES string of the molecule is C#CCO[C@H]1OC2COC(c3ccccc3)O[C@@H]2C(OC(=O)CCCCCCC)[C@H]1NC(C)=O. The molecule has 2 fully saturated rings. The van der Waals surface area contributed by atoms with Gasteiger partial charge in [-0.2, -0.15) is 0 Å². The third kappa shape index (κ3) is 7.28. The van der Waals surface area contributed by atoms with Gasteiger partial charge in [0.2, 0.25) is 5.91 Å². The van der Waals surface area contributed by atoms with Crippen LogP contribution in [0.1, 0.15) is 64.2 Å². The highest BCUT2D eigenvalue weighted by atomic mass is 16.8. The topological polar surface area (TPSA) is 92.3 Å². The Labute approximate surface area is 201 Å². The molecule has 3 unspecified atom stereocenters. The number of esters is 1. The average molecular weight is 474 g/mol. The van der Waals surface area contributed by atoms with Gasteiger partial charge in [-0.15, -0.1) is 6.42 Å². The second-order valence-corrected chi connectivity index (χ2v) is 8.58. The van der Waals surface area contributed by atoms with Crippen LogP contribution in [0.15, 0.2) is 30.3 Å². The molecule has 1 aromatic rings. The number of rotatable bonds is 11. The molecule has 8 nitrogen and oxygen atoms in total. The van der Waals surface area contributed by atoms with Gasteiger partial charge in [-0.1, -0.05) is 68.9 Å². The Morgan fingerprint density at radius 3 is 2.62 bits per heavy atom. The molecule has 3 rings (SSSR count). The molecular weight excluding hydrogens is 438 g/mol. The molecule has 34 heavy (non-hydrogen) atoms. The summed E-state index contributed by atoms with van der Waals surface area (Å²) in [5.74, 6) is 1.75. The summed E-state index contributed by atoms with van der Waals surface area (Å²) < 4.78 is 29.8. The highest BCUT2D eigenvalue weighted by Gasteiger charge is 2.52. The highest BCUT2D eigenvalue weighted by Crippen LogP contribution is 2.36. The van der Waals surface area contributed by atoms with E-state index in [2.05, 4.69) is 18.2 Å². The average Bonchev–Trinajstić information content (AvgIpc) is 2.84. The summed E-state index contributed by atoms with van der Waals surface area (Å²) in [6.45, 7) is 3.71. The van der Waals surface area contributed by atoms with Gasteiger partial charge in [-0.05, 0) is 6.42 Å². The zero-order valence-electron chi connectivity index (χ0n) is 19.9. The first-order valence-corrected chi connectivity index (χ1v) is 12.0. The number of nitrogens with one attached hydrogen (secondary N) is 1. The molecule has 1 amide bonds. The van der Waals surface area contributed by atoms with Crippen LogP contribution in [0.25, 0.3) is 0 Å². The van der Waals surface area contributed by atoms with Crippen LogP contribution in [0.4, 0.5) is 0 Å². The van der Waals surface area contributed by atoms with Gasteiger partial charge in [0.05, 0.1) is 6.61 Å². The van der Waals surface area contributed by atoms with E-state index in [0.717, 1.165) is 37.7 Å². The van der Waals surface area contributed by atoms with Crippen molar-refractivity contribution in [2.24, 2.45) is 0 Å². The van der Waals surface area contributed by atoms with E-state index in [-0.39, 0.29) is 25.1 Å². The maximum atomic E-state index is 12.8. The summed E-state index contributed by atoms with van der Waals surface area (Å²) >= 11 is 0. The normalized spacial score (nSPS) is 28.4. The first-order chi connectivity index (χ1) is 16.5. The maximum Gasteiger partial charge on any atom is 0.306 e. The van der Waals surface area contributed by atoms with E-state index in [0.29, 0.717) is 6.42 Å².